The Balaban J connectivity index is 1.94. The molecule has 0 amide bonds. The molecular formula is C24H42N4O4. The lowest BCUT2D eigenvalue weighted by Crippen LogP contribution is -2.47. The zero-order valence-electron chi connectivity index (χ0n) is 20.2. The van der Waals surface area contributed by atoms with Gasteiger partial charge >= 0.3 is 5.97 Å². The molecule has 0 aromatic heterocycles. The van der Waals surface area contributed by atoms with Gasteiger partial charge in [0.15, 0.2) is 0 Å². The molecule has 0 aliphatic carbocycles. The largest absolute Gasteiger partial charge is 0.460 e. The zero-order valence-corrected chi connectivity index (χ0v) is 20.2. The van der Waals surface area contributed by atoms with Gasteiger partial charge in [-0.2, -0.15) is 0 Å². The quantitative estimate of drug-likeness (QED) is 0.230. The Labute approximate surface area is 193 Å². The predicted octanol–water partition coefficient (Wildman–Crippen LogP) is 1.57. The maximum Gasteiger partial charge on any atom is 0.320 e. The van der Waals surface area contributed by atoms with Crippen LogP contribution in [0, 0.1) is 0 Å². The molecule has 182 valence electrons. The van der Waals surface area contributed by atoms with Gasteiger partial charge in [0, 0.05) is 58.9 Å². The molecule has 0 atom stereocenters. The molecule has 8 heteroatoms. The van der Waals surface area contributed by atoms with E-state index in [4.69, 9.17) is 14.5 Å². The number of hydrogen-bond donors (Lipinski definition) is 0. The van der Waals surface area contributed by atoms with Crippen molar-refractivity contribution in [1.29, 1.82) is 0 Å². The van der Waals surface area contributed by atoms with Crippen molar-refractivity contribution < 1.29 is 19.3 Å². The average Bonchev–Trinajstić information content (AvgIpc) is 2.81. The number of esters is 1. The molecule has 32 heavy (non-hydrogen) atoms. The number of carbonyl (C=O) groups is 1. The van der Waals surface area contributed by atoms with Crippen LogP contribution in [0.3, 0.4) is 0 Å². The minimum absolute atomic E-state index is 0.171. The number of carbonyl (C=O) groups excluding carboxylic acids is 1. The number of rotatable bonds is 10. The van der Waals surface area contributed by atoms with Gasteiger partial charge in [0.05, 0.1) is 20.3 Å². The van der Waals surface area contributed by atoms with Crippen LogP contribution in [0.2, 0.25) is 0 Å². The molecule has 1 aliphatic heterocycles. The van der Waals surface area contributed by atoms with Crippen molar-refractivity contribution in [3.63, 3.8) is 0 Å². The molecule has 1 aliphatic rings. The summed E-state index contributed by atoms with van der Waals surface area (Å²) in [4.78, 5) is 32.0. The number of benzene rings is 1. The Hall–Kier alpha value is -1.55. The van der Waals surface area contributed by atoms with E-state index >= 15 is 0 Å². The van der Waals surface area contributed by atoms with Gasteiger partial charge in [-0.3, -0.25) is 14.6 Å². The van der Waals surface area contributed by atoms with Gasteiger partial charge in [-0.05, 0) is 18.7 Å². The highest BCUT2D eigenvalue weighted by Gasteiger charge is 2.18. The van der Waals surface area contributed by atoms with E-state index < -0.39 is 0 Å². The van der Waals surface area contributed by atoms with Gasteiger partial charge in [0.25, 0.3) is 0 Å². The van der Waals surface area contributed by atoms with E-state index in [1.54, 1.807) is 0 Å². The summed E-state index contributed by atoms with van der Waals surface area (Å²) in [5, 5.41) is 0. The summed E-state index contributed by atoms with van der Waals surface area (Å²) in [5.74, 6) is -0.171. The number of nitrogens with zero attached hydrogens (tertiary/aromatic N) is 4. The van der Waals surface area contributed by atoms with Crippen molar-refractivity contribution >= 4 is 5.97 Å². The van der Waals surface area contributed by atoms with E-state index in [1.807, 2.05) is 30.3 Å². The summed E-state index contributed by atoms with van der Waals surface area (Å²) in [6, 6.07) is 9.83. The third kappa shape index (κ3) is 10.8. The molecule has 1 heterocycles. The first-order chi connectivity index (χ1) is 15.6. The standard InChI is InChI=1S/C24H42N4O4/c1-4-25-11-12-26(5-2)14-17-28(18-16-27(15-13-25)19-20-32-30-3)21-24(29)31-22-23-9-7-6-8-10-23/h6-10H,4-5,11-22H2,1-3H3. The van der Waals surface area contributed by atoms with Gasteiger partial charge in [0.2, 0.25) is 0 Å². The van der Waals surface area contributed by atoms with Crippen molar-refractivity contribution in [2.45, 2.75) is 20.5 Å². The fourth-order valence-corrected chi connectivity index (χ4v) is 3.81. The molecule has 0 radical (unpaired) electrons. The fraction of sp³-hybridized carbons (Fsp3) is 0.708. The Bertz CT molecular complexity index is 619. The Kier molecular flexibility index (Phi) is 13.5. The first-order valence-electron chi connectivity index (χ1n) is 11.9. The summed E-state index contributed by atoms with van der Waals surface area (Å²) < 4.78 is 5.54. The van der Waals surface area contributed by atoms with Crippen LogP contribution in [0.4, 0.5) is 0 Å². The molecule has 1 saturated heterocycles. The maximum atomic E-state index is 12.6. The molecule has 1 aromatic carbocycles. The van der Waals surface area contributed by atoms with Crippen molar-refractivity contribution in [1.82, 2.24) is 19.6 Å². The molecule has 0 bridgehead atoms. The summed E-state index contributed by atoms with van der Waals surface area (Å²) in [7, 11) is 1.54. The molecule has 1 aromatic rings. The van der Waals surface area contributed by atoms with Gasteiger partial charge in [0.1, 0.15) is 6.61 Å². The van der Waals surface area contributed by atoms with E-state index in [9.17, 15) is 4.79 Å². The third-order valence-corrected chi connectivity index (χ3v) is 6.03. The number of ether oxygens (including phenoxy) is 1. The second-order valence-corrected chi connectivity index (χ2v) is 8.12. The topological polar surface area (TPSA) is 57.7 Å². The highest BCUT2D eigenvalue weighted by Crippen LogP contribution is 2.04. The highest BCUT2D eigenvalue weighted by molar-refractivity contribution is 5.71. The smallest absolute Gasteiger partial charge is 0.320 e. The van der Waals surface area contributed by atoms with Crippen LogP contribution in [0.5, 0.6) is 0 Å². The van der Waals surface area contributed by atoms with Crippen LogP contribution in [-0.4, -0.2) is 118 Å². The van der Waals surface area contributed by atoms with Crippen LogP contribution in [-0.2, 0) is 25.9 Å². The van der Waals surface area contributed by atoms with E-state index in [2.05, 4.69) is 33.4 Å². The average molecular weight is 451 g/mol. The summed E-state index contributed by atoms with van der Waals surface area (Å²) in [6.07, 6.45) is 0. The van der Waals surface area contributed by atoms with Crippen LogP contribution in [0.25, 0.3) is 0 Å². The Morgan fingerprint density at radius 1 is 0.812 bits per heavy atom. The molecule has 8 nitrogen and oxygen atoms in total. The van der Waals surface area contributed by atoms with Gasteiger partial charge in [-0.25, -0.2) is 9.78 Å². The molecule has 0 saturated carbocycles. The first-order valence-corrected chi connectivity index (χ1v) is 11.9. The van der Waals surface area contributed by atoms with E-state index in [1.165, 1.54) is 7.11 Å². The zero-order chi connectivity index (χ0) is 23.0. The second-order valence-electron chi connectivity index (χ2n) is 8.12. The van der Waals surface area contributed by atoms with Crippen LogP contribution < -0.4 is 0 Å². The van der Waals surface area contributed by atoms with E-state index in [-0.39, 0.29) is 5.97 Å². The normalized spacial score (nSPS) is 18.7. The lowest BCUT2D eigenvalue weighted by atomic mass is 10.2. The molecule has 1 fully saturated rings. The molecule has 0 spiro atoms. The van der Waals surface area contributed by atoms with Crippen LogP contribution >= 0.6 is 0 Å². The minimum atomic E-state index is -0.171. The highest BCUT2D eigenvalue weighted by atomic mass is 17.2. The Morgan fingerprint density at radius 3 is 1.88 bits per heavy atom. The van der Waals surface area contributed by atoms with Gasteiger partial charge in [-0.1, -0.05) is 44.2 Å². The van der Waals surface area contributed by atoms with Crippen molar-refractivity contribution in [3.05, 3.63) is 35.9 Å². The molecule has 2 rings (SSSR count). The maximum absolute atomic E-state index is 12.6. The Morgan fingerprint density at radius 2 is 1.34 bits per heavy atom. The lowest BCUT2D eigenvalue weighted by Gasteiger charge is -2.33. The van der Waals surface area contributed by atoms with Crippen molar-refractivity contribution in [2.75, 3.05) is 92.3 Å². The fourth-order valence-electron chi connectivity index (χ4n) is 3.81. The second kappa shape index (κ2) is 16.1. The first kappa shape index (κ1) is 26.7. The van der Waals surface area contributed by atoms with E-state index in [0.717, 1.165) is 77.6 Å². The minimum Gasteiger partial charge on any atom is -0.460 e. The third-order valence-electron chi connectivity index (χ3n) is 6.03. The molecule has 0 N–H and O–H groups in total. The SMILES string of the molecule is CCN1CCN(CC)CCN(CC(=O)OCc2ccccc2)CCN(CCOOC)CC1. The molecular weight excluding hydrogens is 408 g/mol. The molecule has 0 unspecified atom stereocenters. The number of hydrogen-bond acceptors (Lipinski definition) is 8. The van der Waals surface area contributed by atoms with Gasteiger partial charge < -0.3 is 14.5 Å². The summed E-state index contributed by atoms with van der Waals surface area (Å²) in [5.41, 5.74) is 1.01. The van der Waals surface area contributed by atoms with Gasteiger partial charge in [-0.15, -0.1) is 0 Å². The van der Waals surface area contributed by atoms with Crippen LogP contribution in [0.1, 0.15) is 19.4 Å². The van der Waals surface area contributed by atoms with Crippen molar-refractivity contribution in [3.8, 4) is 0 Å². The number of likely N-dealkylation sites (N-methyl/N-ethyl adjacent to an activating group) is 2. The van der Waals surface area contributed by atoms with E-state index in [0.29, 0.717) is 19.8 Å². The monoisotopic (exact) mass is 450 g/mol. The summed E-state index contributed by atoms with van der Waals surface area (Å²) >= 11 is 0. The van der Waals surface area contributed by atoms with Crippen molar-refractivity contribution in [2.24, 2.45) is 0 Å². The van der Waals surface area contributed by atoms with Crippen LogP contribution in [0.15, 0.2) is 30.3 Å². The predicted molar refractivity (Wildman–Crippen MR) is 126 cm³/mol. The summed E-state index contributed by atoms with van der Waals surface area (Å²) in [6.45, 7) is 16.1. The lowest BCUT2D eigenvalue weighted by molar-refractivity contribution is -0.273.